The van der Waals surface area contributed by atoms with E-state index in [1.807, 2.05) is 23.9 Å². The maximum Gasteiger partial charge on any atom is 0.309 e. The minimum Gasteiger partial charge on any atom is -0.461 e. The third kappa shape index (κ3) is 4.12. The van der Waals surface area contributed by atoms with Crippen LogP contribution in [0.4, 0.5) is 0 Å². The van der Waals surface area contributed by atoms with Crippen LogP contribution in [-0.2, 0) is 29.6 Å². The maximum absolute atomic E-state index is 12.5. The van der Waals surface area contributed by atoms with Gasteiger partial charge in [-0.2, -0.15) is 5.10 Å². The predicted molar refractivity (Wildman–Crippen MR) is 125 cm³/mol. The molecule has 5 heteroatoms. The number of aromatic nitrogens is 3. The quantitative estimate of drug-likeness (QED) is 0.376. The highest BCUT2D eigenvalue weighted by molar-refractivity contribution is 5.74. The number of hydrogen-bond acceptors (Lipinski definition) is 4. The number of rotatable bonds is 7. The summed E-state index contributed by atoms with van der Waals surface area (Å²) in [6.45, 7) is 2.47. The zero-order chi connectivity index (χ0) is 22.1. The molecule has 3 atom stereocenters. The number of esters is 1. The van der Waals surface area contributed by atoms with Gasteiger partial charge in [0.1, 0.15) is 6.61 Å². The second-order valence-electron chi connectivity index (χ2n) is 9.00. The molecule has 0 spiro atoms. The highest BCUT2D eigenvalue weighted by Crippen LogP contribution is 2.44. The SMILES string of the molecule is CCCc1nc(-c2cccc(-c3ccc(COC(=O)C4CC5C=CC4C5)cc3)c2)n(C)n1. The molecule has 3 aromatic rings. The Morgan fingerprint density at radius 3 is 2.59 bits per heavy atom. The summed E-state index contributed by atoms with van der Waals surface area (Å²) in [5.41, 5.74) is 4.31. The van der Waals surface area contributed by atoms with Gasteiger partial charge < -0.3 is 4.74 Å². The maximum atomic E-state index is 12.5. The van der Waals surface area contributed by atoms with E-state index in [0.29, 0.717) is 18.4 Å². The van der Waals surface area contributed by atoms with E-state index < -0.39 is 0 Å². The number of fused-ring (bicyclic) bond motifs is 2. The van der Waals surface area contributed by atoms with E-state index in [2.05, 4.69) is 60.6 Å². The van der Waals surface area contributed by atoms with Gasteiger partial charge in [-0.25, -0.2) is 9.67 Å². The number of carbonyl (C=O) groups is 1. The highest BCUT2D eigenvalue weighted by atomic mass is 16.5. The molecule has 5 nitrogen and oxygen atoms in total. The predicted octanol–water partition coefficient (Wildman–Crippen LogP) is 5.36. The second kappa shape index (κ2) is 8.73. The average Bonchev–Trinajstić information content (AvgIpc) is 3.54. The van der Waals surface area contributed by atoms with Crippen molar-refractivity contribution >= 4 is 5.97 Å². The molecule has 1 aromatic heterocycles. The summed E-state index contributed by atoms with van der Waals surface area (Å²) >= 11 is 0. The molecule has 164 valence electrons. The van der Waals surface area contributed by atoms with Crippen molar-refractivity contribution in [3.63, 3.8) is 0 Å². The van der Waals surface area contributed by atoms with Gasteiger partial charge in [-0.1, -0.05) is 61.5 Å². The van der Waals surface area contributed by atoms with Crippen molar-refractivity contribution in [2.75, 3.05) is 0 Å². The summed E-state index contributed by atoms with van der Waals surface area (Å²) in [7, 11) is 1.94. The standard InChI is InChI=1S/C27H29N3O2/c1-3-5-25-28-26(30(2)29-25)23-7-4-6-21(16-23)20-11-8-18(9-12-20)17-32-27(31)24-15-19-10-13-22(24)14-19/h4,6-13,16,19,22,24H,3,5,14-15,17H2,1-2H3. The van der Waals surface area contributed by atoms with Gasteiger partial charge in [-0.3, -0.25) is 4.79 Å². The lowest BCUT2D eigenvalue weighted by molar-refractivity contribution is -0.150. The molecule has 0 amide bonds. The van der Waals surface area contributed by atoms with E-state index in [4.69, 9.17) is 9.72 Å². The van der Waals surface area contributed by atoms with Gasteiger partial charge in [0.15, 0.2) is 11.6 Å². The van der Waals surface area contributed by atoms with Crippen LogP contribution in [0.25, 0.3) is 22.5 Å². The largest absolute Gasteiger partial charge is 0.461 e. The Bertz CT molecular complexity index is 1150. The van der Waals surface area contributed by atoms with E-state index in [1.165, 1.54) is 0 Å². The van der Waals surface area contributed by atoms with Crippen LogP contribution >= 0.6 is 0 Å². The molecule has 0 saturated heterocycles. The number of allylic oxidation sites excluding steroid dienone is 2. The first-order valence-corrected chi connectivity index (χ1v) is 11.6. The molecule has 3 unspecified atom stereocenters. The fourth-order valence-electron chi connectivity index (χ4n) is 4.96. The Kier molecular flexibility index (Phi) is 5.64. The minimum atomic E-state index is -0.0512. The molecule has 0 aliphatic heterocycles. The fraction of sp³-hybridized carbons (Fsp3) is 0.370. The van der Waals surface area contributed by atoms with Crippen molar-refractivity contribution in [2.45, 2.75) is 39.2 Å². The van der Waals surface area contributed by atoms with Crippen molar-refractivity contribution in [3.8, 4) is 22.5 Å². The zero-order valence-corrected chi connectivity index (χ0v) is 18.7. The first-order chi connectivity index (χ1) is 15.6. The number of aryl methyl sites for hydroxylation is 2. The van der Waals surface area contributed by atoms with E-state index in [1.54, 1.807) is 0 Å². The lowest BCUT2D eigenvalue weighted by atomic mass is 9.94. The summed E-state index contributed by atoms with van der Waals surface area (Å²) in [6.07, 6.45) is 8.41. The van der Waals surface area contributed by atoms with Crippen LogP contribution in [0.15, 0.2) is 60.7 Å². The van der Waals surface area contributed by atoms with Crippen LogP contribution in [0.5, 0.6) is 0 Å². The van der Waals surface area contributed by atoms with Crippen LogP contribution in [0.3, 0.4) is 0 Å². The Hall–Kier alpha value is -3.21. The van der Waals surface area contributed by atoms with Gasteiger partial charge in [0.25, 0.3) is 0 Å². The summed E-state index contributed by atoms with van der Waals surface area (Å²) < 4.78 is 7.49. The third-order valence-electron chi connectivity index (χ3n) is 6.65. The molecule has 1 heterocycles. The number of nitrogens with zero attached hydrogens (tertiary/aromatic N) is 3. The normalized spacial score (nSPS) is 21.2. The molecule has 2 aliphatic carbocycles. The Labute approximate surface area is 189 Å². The summed E-state index contributed by atoms with van der Waals surface area (Å²) in [4.78, 5) is 17.2. The van der Waals surface area contributed by atoms with E-state index >= 15 is 0 Å². The van der Waals surface area contributed by atoms with E-state index in [0.717, 1.165) is 59.6 Å². The van der Waals surface area contributed by atoms with Gasteiger partial charge in [0, 0.05) is 19.0 Å². The van der Waals surface area contributed by atoms with Crippen LogP contribution < -0.4 is 0 Å². The van der Waals surface area contributed by atoms with Gasteiger partial charge in [0.05, 0.1) is 5.92 Å². The number of carbonyl (C=O) groups excluding carboxylic acids is 1. The molecule has 1 fully saturated rings. The Morgan fingerprint density at radius 1 is 1.06 bits per heavy atom. The lowest BCUT2D eigenvalue weighted by Gasteiger charge is -2.16. The average molecular weight is 428 g/mol. The first-order valence-electron chi connectivity index (χ1n) is 11.6. The fourth-order valence-corrected chi connectivity index (χ4v) is 4.96. The van der Waals surface area contributed by atoms with Gasteiger partial charge in [-0.05, 0) is 53.9 Å². The Balaban J connectivity index is 1.25. The molecule has 2 bridgehead atoms. The van der Waals surface area contributed by atoms with Crippen LogP contribution in [-0.4, -0.2) is 20.7 Å². The van der Waals surface area contributed by atoms with Crippen molar-refractivity contribution < 1.29 is 9.53 Å². The molecule has 5 rings (SSSR count). The van der Waals surface area contributed by atoms with Crippen LogP contribution in [0, 0.1) is 17.8 Å². The summed E-state index contributed by atoms with van der Waals surface area (Å²) in [6, 6.07) is 16.6. The third-order valence-corrected chi connectivity index (χ3v) is 6.65. The first kappa shape index (κ1) is 20.7. The van der Waals surface area contributed by atoms with Gasteiger partial charge in [0.2, 0.25) is 0 Å². The van der Waals surface area contributed by atoms with E-state index in [-0.39, 0.29) is 11.9 Å². The van der Waals surface area contributed by atoms with Crippen molar-refractivity contribution in [1.29, 1.82) is 0 Å². The molecule has 2 aromatic carbocycles. The molecule has 2 aliphatic rings. The lowest BCUT2D eigenvalue weighted by Crippen LogP contribution is -2.21. The molecule has 0 radical (unpaired) electrons. The highest BCUT2D eigenvalue weighted by Gasteiger charge is 2.40. The second-order valence-corrected chi connectivity index (χ2v) is 9.00. The summed E-state index contributed by atoms with van der Waals surface area (Å²) in [5.74, 6) is 2.72. The smallest absolute Gasteiger partial charge is 0.309 e. The molecule has 0 N–H and O–H groups in total. The molecular weight excluding hydrogens is 398 g/mol. The number of benzene rings is 2. The van der Waals surface area contributed by atoms with Gasteiger partial charge >= 0.3 is 5.97 Å². The zero-order valence-electron chi connectivity index (χ0n) is 18.7. The summed E-state index contributed by atoms with van der Waals surface area (Å²) in [5, 5.41) is 4.53. The molecule has 32 heavy (non-hydrogen) atoms. The van der Waals surface area contributed by atoms with Gasteiger partial charge in [-0.15, -0.1) is 0 Å². The van der Waals surface area contributed by atoms with Crippen molar-refractivity contribution in [1.82, 2.24) is 14.8 Å². The van der Waals surface area contributed by atoms with Crippen LogP contribution in [0.1, 0.15) is 37.6 Å². The topological polar surface area (TPSA) is 57.0 Å². The number of hydrogen-bond donors (Lipinski definition) is 0. The van der Waals surface area contributed by atoms with Crippen molar-refractivity contribution in [2.24, 2.45) is 24.8 Å². The number of ether oxygens (including phenoxy) is 1. The minimum absolute atomic E-state index is 0.0467. The molecular formula is C27H29N3O2. The van der Waals surface area contributed by atoms with Crippen LogP contribution in [0.2, 0.25) is 0 Å². The van der Waals surface area contributed by atoms with Crippen molar-refractivity contribution in [3.05, 3.63) is 72.1 Å². The Morgan fingerprint density at radius 2 is 1.88 bits per heavy atom. The molecule has 1 saturated carbocycles. The monoisotopic (exact) mass is 427 g/mol. The van der Waals surface area contributed by atoms with E-state index in [9.17, 15) is 4.79 Å².